The molecule has 0 aliphatic carbocycles. The molecule has 3 aromatic rings. The molecule has 0 aliphatic heterocycles. The molecule has 0 unspecified atom stereocenters. The summed E-state index contributed by atoms with van der Waals surface area (Å²) in [6.45, 7) is 0. The van der Waals surface area contributed by atoms with Crippen LogP contribution < -0.4 is 0 Å². The van der Waals surface area contributed by atoms with Crippen LogP contribution in [-0.4, -0.2) is 10.0 Å². The van der Waals surface area contributed by atoms with E-state index in [2.05, 4.69) is 0 Å². The minimum absolute atomic E-state index is 0.0786. The van der Waals surface area contributed by atoms with Crippen molar-refractivity contribution in [2.75, 3.05) is 0 Å². The zero-order valence-corrected chi connectivity index (χ0v) is 11.7. The summed E-state index contributed by atoms with van der Waals surface area (Å²) in [5, 5.41) is 22.3. The highest BCUT2D eigenvalue weighted by atomic mass is 32.2. The van der Waals surface area contributed by atoms with E-state index in [0.717, 1.165) is 20.6 Å². The Morgan fingerprint density at radius 2 is 1.57 bits per heavy atom. The van der Waals surface area contributed by atoms with E-state index in [0.29, 0.717) is 0 Å². The van der Waals surface area contributed by atoms with Crippen LogP contribution in [0, 0.1) is 10.1 Å². The summed E-state index contributed by atoms with van der Waals surface area (Å²) in [4.78, 5) is 12.2. The summed E-state index contributed by atoms with van der Waals surface area (Å²) in [6.07, 6.45) is 0. The second kappa shape index (κ2) is 5.46. The van der Waals surface area contributed by atoms with Crippen LogP contribution in [0.25, 0.3) is 10.8 Å². The molecule has 5 heteroatoms. The molecule has 0 aromatic heterocycles. The van der Waals surface area contributed by atoms with Crippen molar-refractivity contribution in [1.29, 1.82) is 0 Å². The van der Waals surface area contributed by atoms with Crippen molar-refractivity contribution < 1.29 is 10.0 Å². The normalized spacial score (nSPS) is 10.7. The van der Waals surface area contributed by atoms with Crippen molar-refractivity contribution in [2.24, 2.45) is 0 Å². The van der Waals surface area contributed by atoms with E-state index in [1.165, 1.54) is 23.9 Å². The highest BCUT2D eigenvalue weighted by Gasteiger charge is 2.08. The third-order valence-electron chi connectivity index (χ3n) is 3.14. The molecule has 0 saturated heterocycles. The van der Waals surface area contributed by atoms with Crippen LogP contribution in [0.2, 0.25) is 0 Å². The summed E-state index contributed by atoms with van der Waals surface area (Å²) in [5.74, 6) is 0.249. The fraction of sp³-hybridized carbons (Fsp3) is 0. The molecule has 0 aliphatic rings. The molecule has 0 amide bonds. The van der Waals surface area contributed by atoms with Gasteiger partial charge >= 0.3 is 0 Å². The molecule has 1 N–H and O–H groups in total. The summed E-state index contributed by atoms with van der Waals surface area (Å²) < 4.78 is 0. The number of hydrogen-bond donors (Lipinski definition) is 1. The van der Waals surface area contributed by atoms with E-state index in [-0.39, 0.29) is 11.4 Å². The summed E-state index contributed by atoms with van der Waals surface area (Å²) >= 11 is 1.51. The van der Waals surface area contributed by atoms with E-state index >= 15 is 0 Å². The minimum Gasteiger partial charge on any atom is -0.507 e. The number of nitro groups is 1. The van der Waals surface area contributed by atoms with Gasteiger partial charge in [0.2, 0.25) is 0 Å². The van der Waals surface area contributed by atoms with Gasteiger partial charge in [-0.25, -0.2) is 0 Å². The molecule has 0 radical (unpaired) electrons. The van der Waals surface area contributed by atoms with Gasteiger partial charge in [-0.3, -0.25) is 10.1 Å². The largest absolute Gasteiger partial charge is 0.507 e. The number of phenols is 1. The van der Waals surface area contributed by atoms with Gasteiger partial charge in [-0.1, -0.05) is 36.0 Å². The van der Waals surface area contributed by atoms with Crippen LogP contribution >= 0.6 is 11.8 Å². The molecule has 0 heterocycles. The zero-order valence-electron chi connectivity index (χ0n) is 10.9. The van der Waals surface area contributed by atoms with Gasteiger partial charge in [-0.05, 0) is 29.7 Å². The highest BCUT2D eigenvalue weighted by Crippen LogP contribution is 2.37. The smallest absolute Gasteiger partial charge is 0.269 e. The van der Waals surface area contributed by atoms with Gasteiger partial charge < -0.3 is 5.11 Å². The number of nitro benzene ring substituents is 1. The molecular formula is C16H11NO3S. The maximum Gasteiger partial charge on any atom is 0.269 e. The molecule has 21 heavy (non-hydrogen) atoms. The van der Waals surface area contributed by atoms with E-state index in [1.54, 1.807) is 18.2 Å². The van der Waals surface area contributed by atoms with Crippen molar-refractivity contribution >= 4 is 28.2 Å². The Balaban J connectivity index is 1.98. The minimum atomic E-state index is -0.412. The standard InChI is InChI=1S/C16H11NO3S/c18-15-9-10-16(14-4-2-1-3-13(14)15)21-12-7-5-11(6-8-12)17(19)20/h1-10,18H. The maximum absolute atomic E-state index is 10.7. The van der Waals surface area contributed by atoms with Crippen LogP contribution in [0.1, 0.15) is 0 Å². The molecule has 4 nitrogen and oxygen atoms in total. The van der Waals surface area contributed by atoms with Gasteiger partial charge in [0.1, 0.15) is 5.75 Å². The molecule has 0 spiro atoms. The Kier molecular flexibility index (Phi) is 3.50. The lowest BCUT2D eigenvalue weighted by atomic mass is 10.1. The van der Waals surface area contributed by atoms with Gasteiger partial charge in [-0.2, -0.15) is 0 Å². The lowest BCUT2D eigenvalue weighted by Crippen LogP contribution is -1.86. The Morgan fingerprint density at radius 3 is 2.24 bits per heavy atom. The van der Waals surface area contributed by atoms with Gasteiger partial charge in [0.15, 0.2) is 0 Å². The van der Waals surface area contributed by atoms with Gasteiger partial charge in [-0.15, -0.1) is 0 Å². The lowest BCUT2D eigenvalue weighted by Gasteiger charge is -2.07. The number of rotatable bonds is 3. The monoisotopic (exact) mass is 297 g/mol. The second-order valence-corrected chi connectivity index (χ2v) is 5.60. The number of hydrogen-bond acceptors (Lipinski definition) is 4. The van der Waals surface area contributed by atoms with Crippen LogP contribution in [-0.2, 0) is 0 Å². The molecule has 0 saturated carbocycles. The summed E-state index contributed by atoms with van der Waals surface area (Å²) in [7, 11) is 0. The number of fused-ring (bicyclic) bond motifs is 1. The van der Waals surface area contributed by atoms with Gasteiger partial charge in [0.25, 0.3) is 5.69 Å². The van der Waals surface area contributed by atoms with Crippen LogP contribution in [0.5, 0.6) is 5.75 Å². The Bertz CT molecular complexity index is 815. The van der Waals surface area contributed by atoms with E-state index in [4.69, 9.17) is 0 Å². The predicted octanol–water partition coefficient (Wildman–Crippen LogP) is 4.60. The molecular weight excluding hydrogens is 286 g/mol. The number of aromatic hydroxyl groups is 1. The molecule has 0 bridgehead atoms. The molecule has 3 aromatic carbocycles. The summed E-state index contributed by atoms with van der Waals surface area (Å²) in [6, 6.07) is 17.6. The van der Waals surface area contributed by atoms with Crippen molar-refractivity contribution in [3.63, 3.8) is 0 Å². The number of phenolic OH excluding ortho intramolecular Hbond substituents is 1. The van der Waals surface area contributed by atoms with E-state index in [9.17, 15) is 15.2 Å². The van der Waals surface area contributed by atoms with Crippen molar-refractivity contribution in [3.05, 3.63) is 70.8 Å². The average molecular weight is 297 g/mol. The highest BCUT2D eigenvalue weighted by molar-refractivity contribution is 7.99. The van der Waals surface area contributed by atoms with Crippen LogP contribution in [0.15, 0.2) is 70.5 Å². The van der Waals surface area contributed by atoms with Crippen LogP contribution in [0.3, 0.4) is 0 Å². The average Bonchev–Trinajstić information content (AvgIpc) is 2.51. The fourth-order valence-corrected chi connectivity index (χ4v) is 3.06. The first kappa shape index (κ1) is 13.5. The first-order valence-corrected chi connectivity index (χ1v) is 7.10. The van der Waals surface area contributed by atoms with E-state index in [1.807, 2.05) is 30.3 Å². The lowest BCUT2D eigenvalue weighted by molar-refractivity contribution is -0.384. The van der Waals surface area contributed by atoms with Gasteiger partial charge in [0, 0.05) is 27.3 Å². The SMILES string of the molecule is O=[N+]([O-])c1ccc(Sc2ccc(O)c3ccccc23)cc1. The van der Waals surface area contributed by atoms with Crippen molar-refractivity contribution in [3.8, 4) is 5.75 Å². The van der Waals surface area contributed by atoms with Gasteiger partial charge in [0.05, 0.1) is 4.92 Å². The maximum atomic E-state index is 10.7. The number of benzene rings is 3. The Hall–Kier alpha value is -2.53. The fourth-order valence-electron chi connectivity index (χ4n) is 2.11. The molecule has 0 atom stereocenters. The van der Waals surface area contributed by atoms with Crippen molar-refractivity contribution in [2.45, 2.75) is 9.79 Å². The molecule has 104 valence electrons. The first-order valence-electron chi connectivity index (χ1n) is 6.28. The van der Waals surface area contributed by atoms with Crippen LogP contribution in [0.4, 0.5) is 5.69 Å². The molecule has 0 fully saturated rings. The number of nitrogens with zero attached hydrogens (tertiary/aromatic N) is 1. The Labute approximate surface area is 125 Å². The topological polar surface area (TPSA) is 63.4 Å². The summed E-state index contributed by atoms with van der Waals surface area (Å²) in [5.41, 5.74) is 0.0786. The zero-order chi connectivity index (χ0) is 14.8. The first-order chi connectivity index (χ1) is 10.1. The third-order valence-corrected chi connectivity index (χ3v) is 4.22. The molecule has 3 rings (SSSR count). The number of non-ortho nitro benzene ring substituents is 1. The predicted molar refractivity (Wildman–Crippen MR) is 82.8 cm³/mol. The van der Waals surface area contributed by atoms with E-state index < -0.39 is 4.92 Å². The van der Waals surface area contributed by atoms with Crippen molar-refractivity contribution in [1.82, 2.24) is 0 Å². The second-order valence-electron chi connectivity index (χ2n) is 4.48. The third kappa shape index (κ3) is 2.68. The Morgan fingerprint density at radius 1 is 0.905 bits per heavy atom. The quantitative estimate of drug-likeness (QED) is 0.566.